The van der Waals surface area contributed by atoms with E-state index in [1.54, 1.807) is 12.3 Å². The molecule has 102 valence electrons. The molecule has 4 nitrogen and oxygen atoms in total. The van der Waals surface area contributed by atoms with Crippen molar-refractivity contribution in [3.05, 3.63) is 11.6 Å². The van der Waals surface area contributed by atoms with Crippen LogP contribution >= 0.6 is 11.6 Å². The average molecular weight is 280 g/mol. The van der Waals surface area contributed by atoms with Crippen LogP contribution in [0.4, 0.5) is 0 Å². The summed E-state index contributed by atoms with van der Waals surface area (Å²) >= 11 is 6.25. The first-order valence-electron chi connectivity index (χ1n) is 6.31. The molecule has 0 fully saturated rings. The number of allylic oxidation sites excluding steroid dienone is 2. The normalized spacial score (nSPS) is 27.7. The fourth-order valence-electron chi connectivity index (χ4n) is 2.52. The maximum atomic E-state index is 12.1. The highest BCUT2D eigenvalue weighted by atomic mass is 35.5. The molecule has 0 spiro atoms. The molecule has 0 bridgehead atoms. The zero-order valence-corrected chi connectivity index (χ0v) is 12.2. The number of nitriles is 2. The second kappa shape index (κ2) is 6.59. The highest BCUT2D eigenvalue weighted by molar-refractivity contribution is 6.31. The first-order valence-corrected chi connectivity index (χ1v) is 6.75. The molecule has 0 saturated heterocycles. The van der Waals surface area contributed by atoms with Gasteiger partial charge in [0.1, 0.15) is 11.9 Å². The summed E-state index contributed by atoms with van der Waals surface area (Å²) in [5.41, 5.74) is 1.22. The lowest BCUT2D eigenvalue weighted by molar-refractivity contribution is -0.128. The van der Waals surface area contributed by atoms with Gasteiger partial charge in [0.2, 0.25) is 0 Å². The van der Waals surface area contributed by atoms with E-state index in [1.807, 2.05) is 13.0 Å². The van der Waals surface area contributed by atoms with Crippen LogP contribution in [0.2, 0.25) is 0 Å². The largest absolute Gasteiger partial charge is 0.272 e. The molecule has 0 aromatic rings. The topological polar surface area (TPSA) is 67.9 Å². The molecule has 19 heavy (non-hydrogen) atoms. The minimum Gasteiger partial charge on any atom is -0.272 e. The van der Waals surface area contributed by atoms with Crippen molar-refractivity contribution in [2.45, 2.75) is 32.6 Å². The Morgan fingerprint density at radius 3 is 2.74 bits per heavy atom. The summed E-state index contributed by atoms with van der Waals surface area (Å²) in [5, 5.41) is 16.7. The Labute approximate surface area is 119 Å². The van der Waals surface area contributed by atoms with Crippen LogP contribution in [0.3, 0.4) is 0 Å². The average Bonchev–Trinajstić information content (AvgIpc) is 2.38. The van der Waals surface area contributed by atoms with Crippen LogP contribution in [0.1, 0.15) is 27.2 Å². The van der Waals surface area contributed by atoms with Gasteiger partial charge in [0.25, 0.3) is 5.91 Å². The molecule has 5 heteroatoms. The number of alkyl halides is 1. The Kier molecular flexibility index (Phi) is 5.39. The van der Waals surface area contributed by atoms with Crippen molar-refractivity contribution in [2.24, 2.45) is 17.8 Å². The standard InChI is InChI=1S/C14H18ClN3O/c1-9-6-10(2)11(3)12(7-9)13(15)14(19)18(8-17)5-4-16/h7,10-13H,5-6H2,1-3H3. The minimum atomic E-state index is -0.791. The molecule has 0 radical (unpaired) electrons. The first kappa shape index (κ1) is 15.5. The van der Waals surface area contributed by atoms with E-state index in [4.69, 9.17) is 22.1 Å². The summed E-state index contributed by atoms with van der Waals surface area (Å²) in [6.07, 6.45) is 4.76. The number of nitrogens with zero attached hydrogens (tertiary/aromatic N) is 3. The second-order valence-corrected chi connectivity index (χ2v) is 5.69. The van der Waals surface area contributed by atoms with Crippen LogP contribution in [0.25, 0.3) is 0 Å². The quantitative estimate of drug-likeness (QED) is 0.262. The zero-order chi connectivity index (χ0) is 14.6. The lowest BCUT2D eigenvalue weighted by Gasteiger charge is -2.34. The molecule has 1 amide bonds. The van der Waals surface area contributed by atoms with E-state index >= 15 is 0 Å². The van der Waals surface area contributed by atoms with Gasteiger partial charge in [-0.15, -0.1) is 11.6 Å². The molecule has 0 aliphatic heterocycles. The molecule has 1 rings (SSSR count). The van der Waals surface area contributed by atoms with Gasteiger partial charge in [-0.05, 0) is 25.2 Å². The smallest absolute Gasteiger partial charge is 0.255 e. The van der Waals surface area contributed by atoms with Gasteiger partial charge >= 0.3 is 0 Å². The molecule has 0 aromatic heterocycles. The van der Waals surface area contributed by atoms with Crippen molar-refractivity contribution < 1.29 is 4.79 Å². The van der Waals surface area contributed by atoms with Crippen LogP contribution < -0.4 is 0 Å². The molecule has 1 aliphatic carbocycles. The third-order valence-electron chi connectivity index (χ3n) is 3.82. The molecule has 0 aromatic carbocycles. The summed E-state index contributed by atoms with van der Waals surface area (Å²) in [7, 11) is 0. The van der Waals surface area contributed by atoms with E-state index in [0.717, 1.165) is 11.3 Å². The van der Waals surface area contributed by atoms with Crippen molar-refractivity contribution in [2.75, 3.05) is 6.54 Å². The Morgan fingerprint density at radius 2 is 2.21 bits per heavy atom. The van der Waals surface area contributed by atoms with Gasteiger partial charge in [-0.25, -0.2) is 4.90 Å². The van der Waals surface area contributed by atoms with Gasteiger partial charge in [0.05, 0.1) is 6.07 Å². The number of rotatable bonds is 3. The van der Waals surface area contributed by atoms with Gasteiger partial charge in [-0.1, -0.05) is 25.5 Å². The Balaban J connectivity index is 2.90. The molecule has 1 aliphatic rings. The molecule has 4 atom stereocenters. The Hall–Kier alpha value is -1.52. The van der Waals surface area contributed by atoms with Crippen LogP contribution in [0.5, 0.6) is 0 Å². The SMILES string of the molecule is CC1=CC(C(Cl)C(=O)N(C#N)CC#N)C(C)C(C)C1. The van der Waals surface area contributed by atoms with Crippen molar-refractivity contribution in [1.29, 1.82) is 10.5 Å². The van der Waals surface area contributed by atoms with Crippen LogP contribution in [0.15, 0.2) is 11.6 Å². The van der Waals surface area contributed by atoms with E-state index in [1.165, 1.54) is 5.57 Å². The predicted molar refractivity (Wildman–Crippen MR) is 72.8 cm³/mol. The maximum Gasteiger partial charge on any atom is 0.255 e. The Bertz CT molecular complexity index is 460. The maximum absolute atomic E-state index is 12.1. The van der Waals surface area contributed by atoms with Crippen molar-refractivity contribution in [3.63, 3.8) is 0 Å². The summed E-state index contributed by atoms with van der Waals surface area (Å²) in [5.74, 6) is 0.154. The number of halogens is 1. The van der Waals surface area contributed by atoms with Crippen LogP contribution in [-0.2, 0) is 4.79 Å². The summed E-state index contributed by atoms with van der Waals surface area (Å²) < 4.78 is 0. The fourth-order valence-corrected chi connectivity index (χ4v) is 2.94. The van der Waals surface area contributed by atoms with Gasteiger partial charge in [-0.2, -0.15) is 10.5 Å². The van der Waals surface area contributed by atoms with E-state index in [2.05, 4.69) is 13.8 Å². The van der Waals surface area contributed by atoms with Gasteiger partial charge in [-0.3, -0.25) is 4.79 Å². The van der Waals surface area contributed by atoms with E-state index in [9.17, 15) is 4.79 Å². The zero-order valence-electron chi connectivity index (χ0n) is 11.4. The molecule has 4 unspecified atom stereocenters. The summed E-state index contributed by atoms with van der Waals surface area (Å²) in [6.45, 7) is 5.99. The first-order chi connectivity index (χ1) is 8.92. The van der Waals surface area contributed by atoms with Crippen molar-refractivity contribution >= 4 is 17.5 Å². The highest BCUT2D eigenvalue weighted by Gasteiger charge is 2.36. The number of hydrogen-bond donors (Lipinski definition) is 0. The number of hydrogen-bond acceptors (Lipinski definition) is 3. The lowest BCUT2D eigenvalue weighted by atomic mass is 9.73. The lowest BCUT2D eigenvalue weighted by Crippen LogP contribution is -2.41. The highest BCUT2D eigenvalue weighted by Crippen LogP contribution is 2.37. The van der Waals surface area contributed by atoms with Crippen LogP contribution in [0, 0.1) is 40.5 Å². The van der Waals surface area contributed by atoms with E-state index < -0.39 is 11.3 Å². The number of carbonyl (C=O) groups excluding carboxylic acids is 1. The van der Waals surface area contributed by atoms with Crippen molar-refractivity contribution in [3.8, 4) is 12.3 Å². The molecule has 0 saturated carbocycles. The summed E-state index contributed by atoms with van der Waals surface area (Å²) in [4.78, 5) is 12.9. The molecular formula is C14H18ClN3O. The van der Waals surface area contributed by atoms with Gasteiger partial charge in [0.15, 0.2) is 6.19 Å². The fraction of sp³-hybridized carbons (Fsp3) is 0.643. The summed E-state index contributed by atoms with van der Waals surface area (Å²) in [6, 6.07) is 1.79. The third-order valence-corrected chi connectivity index (χ3v) is 4.29. The number of amides is 1. The third kappa shape index (κ3) is 3.49. The van der Waals surface area contributed by atoms with Crippen molar-refractivity contribution in [1.82, 2.24) is 4.90 Å². The molecular weight excluding hydrogens is 262 g/mol. The number of carbonyl (C=O) groups is 1. The second-order valence-electron chi connectivity index (χ2n) is 5.22. The van der Waals surface area contributed by atoms with Gasteiger partial charge < -0.3 is 0 Å². The minimum absolute atomic E-state index is 0.0903. The predicted octanol–water partition coefficient (Wildman–Crippen LogP) is 2.67. The monoisotopic (exact) mass is 279 g/mol. The molecule has 0 heterocycles. The van der Waals surface area contributed by atoms with Gasteiger partial charge in [0, 0.05) is 5.92 Å². The van der Waals surface area contributed by atoms with Crippen LogP contribution in [-0.4, -0.2) is 22.7 Å². The van der Waals surface area contributed by atoms with E-state index in [0.29, 0.717) is 5.92 Å². The molecule has 0 N–H and O–H groups in total. The Morgan fingerprint density at radius 1 is 1.58 bits per heavy atom. The van der Waals surface area contributed by atoms with E-state index in [-0.39, 0.29) is 18.4 Å².